The van der Waals surface area contributed by atoms with E-state index in [0.717, 1.165) is 6.92 Å². The van der Waals surface area contributed by atoms with Gasteiger partial charge in [-0.05, 0) is 0 Å². The Morgan fingerprint density at radius 2 is 1.76 bits per heavy atom. The van der Waals surface area contributed by atoms with Crippen LogP contribution in [0, 0.1) is 0 Å². The van der Waals surface area contributed by atoms with Crippen LogP contribution in [-0.2, 0) is 28.4 Å². The Bertz CT molecular complexity index is 467. The first-order valence-corrected chi connectivity index (χ1v) is 6.82. The first-order chi connectivity index (χ1) is 9.55. The largest absolute Gasteiger partial charge is 0.423 e. The van der Waals surface area contributed by atoms with Gasteiger partial charge in [0.05, 0.1) is 0 Å². The Kier molecular flexibility index (Phi) is 5.97. The van der Waals surface area contributed by atoms with E-state index in [4.69, 9.17) is 0 Å². The van der Waals surface area contributed by atoms with E-state index in [2.05, 4.69) is 13.2 Å². The van der Waals surface area contributed by atoms with E-state index in [0.29, 0.717) is 0 Å². The number of hydrogen-bond acceptors (Lipinski definition) is 11. The second-order valence-corrected chi connectivity index (χ2v) is 5.28. The molecule has 0 saturated carbocycles. The zero-order valence-electron chi connectivity index (χ0n) is 10.6. The Morgan fingerprint density at radius 1 is 1.19 bits per heavy atom. The van der Waals surface area contributed by atoms with Gasteiger partial charge in [0.15, 0.2) is 6.29 Å². The van der Waals surface area contributed by atoms with E-state index < -0.39 is 53.3 Å². The lowest BCUT2D eigenvalue weighted by Crippen LogP contribution is -2.61. The normalized spacial score (nSPS) is 35.2. The maximum atomic E-state index is 11.2. The second kappa shape index (κ2) is 6.91. The molecule has 6 N–H and O–H groups in total. The first kappa shape index (κ1) is 18.1. The SMILES string of the molecule is CC(=O)NOS(=O)(=O)OC(O)[C@H]1O[C@H](O)[C@@H](O)[C@@H](O)[C@@H]1O. The molecule has 0 aromatic heterocycles. The molecule has 1 aliphatic heterocycles. The highest BCUT2D eigenvalue weighted by molar-refractivity contribution is 7.81. The van der Waals surface area contributed by atoms with Crippen molar-refractivity contribution in [3.63, 3.8) is 0 Å². The molecule has 0 bridgehead atoms. The summed E-state index contributed by atoms with van der Waals surface area (Å²) in [7, 11) is -4.90. The molecule has 0 radical (unpaired) electrons. The van der Waals surface area contributed by atoms with Gasteiger partial charge in [-0.3, -0.25) is 4.79 Å². The molecule has 0 aromatic rings. The lowest BCUT2D eigenvalue weighted by Gasteiger charge is -2.39. The molecule has 1 amide bonds. The number of ether oxygens (including phenoxy) is 1. The van der Waals surface area contributed by atoms with Gasteiger partial charge in [-0.2, -0.15) is 8.42 Å². The van der Waals surface area contributed by atoms with Crippen LogP contribution < -0.4 is 5.48 Å². The third-order valence-corrected chi connectivity index (χ3v) is 3.13. The predicted molar refractivity (Wildman–Crippen MR) is 59.8 cm³/mol. The van der Waals surface area contributed by atoms with E-state index in [1.165, 1.54) is 5.48 Å². The average Bonchev–Trinajstić information content (AvgIpc) is 2.37. The van der Waals surface area contributed by atoms with Gasteiger partial charge < -0.3 is 30.3 Å². The van der Waals surface area contributed by atoms with E-state index >= 15 is 0 Å². The summed E-state index contributed by atoms with van der Waals surface area (Å²) in [5.74, 6) is -0.875. The summed E-state index contributed by atoms with van der Waals surface area (Å²) in [6.45, 7) is 0.939. The Hall–Kier alpha value is -0.900. The molecule has 0 aromatic carbocycles. The third-order valence-electron chi connectivity index (χ3n) is 2.41. The maximum Gasteiger partial charge on any atom is 0.423 e. The molecule has 13 heteroatoms. The van der Waals surface area contributed by atoms with Gasteiger partial charge in [-0.25, -0.2) is 9.66 Å². The molecule has 1 rings (SSSR count). The van der Waals surface area contributed by atoms with E-state index in [1.807, 2.05) is 0 Å². The van der Waals surface area contributed by atoms with Gasteiger partial charge in [0, 0.05) is 6.92 Å². The van der Waals surface area contributed by atoms with Gasteiger partial charge in [0.1, 0.15) is 24.4 Å². The highest BCUT2D eigenvalue weighted by Crippen LogP contribution is 2.23. The van der Waals surface area contributed by atoms with Gasteiger partial charge in [0.2, 0.25) is 12.2 Å². The summed E-state index contributed by atoms with van der Waals surface area (Å²) in [5.41, 5.74) is 1.42. The smallest absolute Gasteiger partial charge is 0.387 e. The van der Waals surface area contributed by atoms with Crippen LogP contribution in [-0.4, -0.2) is 76.9 Å². The number of nitrogens with one attached hydrogen (secondary N) is 1. The Balaban J connectivity index is 2.70. The van der Waals surface area contributed by atoms with Gasteiger partial charge >= 0.3 is 10.4 Å². The average molecular weight is 333 g/mol. The van der Waals surface area contributed by atoms with Crippen molar-refractivity contribution in [1.82, 2.24) is 5.48 Å². The van der Waals surface area contributed by atoms with Gasteiger partial charge in [-0.1, -0.05) is 0 Å². The molecule has 1 aliphatic rings. The van der Waals surface area contributed by atoms with Crippen LogP contribution in [0.15, 0.2) is 0 Å². The molecular weight excluding hydrogens is 318 g/mol. The quantitative estimate of drug-likeness (QED) is 0.209. The minimum absolute atomic E-state index is 0.875. The van der Waals surface area contributed by atoms with Crippen LogP contribution in [0.3, 0.4) is 0 Å². The van der Waals surface area contributed by atoms with Crippen molar-refractivity contribution >= 4 is 16.3 Å². The molecule has 1 heterocycles. The lowest BCUT2D eigenvalue weighted by molar-refractivity contribution is -0.313. The van der Waals surface area contributed by atoms with E-state index in [9.17, 15) is 38.7 Å². The Morgan fingerprint density at radius 3 is 2.29 bits per heavy atom. The number of aliphatic hydroxyl groups excluding tert-OH is 5. The van der Waals surface area contributed by atoms with Crippen molar-refractivity contribution in [1.29, 1.82) is 0 Å². The van der Waals surface area contributed by atoms with Crippen molar-refractivity contribution in [2.45, 2.75) is 43.9 Å². The number of hydroxylamine groups is 1. The number of amides is 1. The minimum atomic E-state index is -4.90. The number of carbonyl (C=O) groups is 1. The minimum Gasteiger partial charge on any atom is -0.387 e. The fourth-order valence-electron chi connectivity index (χ4n) is 1.43. The molecule has 1 fully saturated rings. The van der Waals surface area contributed by atoms with Crippen molar-refractivity contribution < 1.29 is 51.9 Å². The van der Waals surface area contributed by atoms with E-state index in [-0.39, 0.29) is 0 Å². The maximum absolute atomic E-state index is 11.2. The summed E-state index contributed by atoms with van der Waals surface area (Å²) in [5, 5.41) is 46.8. The fourth-order valence-corrected chi connectivity index (χ4v) is 2.04. The standard InChI is InChI=1S/C8H15NO11S/c1-2(10)9-20-21(16,17)19-8(15)6-4(12)3(11)5(13)7(14)18-6/h3-8,11-15H,1H3,(H,9,10)/t3-,4-,5-,6-,7-,8?/m0/s1. The summed E-state index contributed by atoms with van der Waals surface area (Å²) in [4.78, 5) is 10.5. The highest BCUT2D eigenvalue weighted by atomic mass is 32.3. The number of rotatable bonds is 5. The van der Waals surface area contributed by atoms with Crippen LogP contribution in [0.2, 0.25) is 0 Å². The Labute approximate surface area is 118 Å². The molecule has 0 aliphatic carbocycles. The zero-order chi connectivity index (χ0) is 16.4. The fraction of sp³-hybridized carbons (Fsp3) is 0.875. The third kappa shape index (κ3) is 4.80. The van der Waals surface area contributed by atoms with Crippen LogP contribution in [0.1, 0.15) is 6.92 Å². The van der Waals surface area contributed by atoms with Crippen LogP contribution >= 0.6 is 0 Å². The summed E-state index contributed by atoms with van der Waals surface area (Å²) >= 11 is 0. The summed E-state index contributed by atoms with van der Waals surface area (Å²) in [6.07, 6.45) is -12.0. The molecular formula is C8H15NO11S. The predicted octanol–water partition coefficient (Wildman–Crippen LogP) is -4.57. The van der Waals surface area contributed by atoms with Crippen molar-refractivity contribution in [2.75, 3.05) is 0 Å². The topological polar surface area (TPSA) is 192 Å². The summed E-state index contributed by atoms with van der Waals surface area (Å²) in [6, 6.07) is 0. The second-order valence-electron chi connectivity index (χ2n) is 4.10. The molecule has 12 nitrogen and oxygen atoms in total. The monoisotopic (exact) mass is 333 g/mol. The number of hydrogen-bond donors (Lipinski definition) is 6. The lowest BCUT2D eigenvalue weighted by atomic mass is 9.99. The molecule has 21 heavy (non-hydrogen) atoms. The molecule has 1 unspecified atom stereocenters. The highest BCUT2D eigenvalue weighted by Gasteiger charge is 2.47. The first-order valence-electron chi connectivity index (χ1n) is 5.49. The molecule has 1 saturated heterocycles. The molecule has 6 atom stereocenters. The van der Waals surface area contributed by atoms with Crippen molar-refractivity contribution in [2.24, 2.45) is 0 Å². The summed E-state index contributed by atoms with van der Waals surface area (Å²) < 4.78 is 34.8. The van der Waals surface area contributed by atoms with Gasteiger partial charge in [0.25, 0.3) is 0 Å². The van der Waals surface area contributed by atoms with Gasteiger partial charge in [-0.15, -0.1) is 4.28 Å². The van der Waals surface area contributed by atoms with Crippen molar-refractivity contribution in [3.8, 4) is 0 Å². The van der Waals surface area contributed by atoms with Crippen LogP contribution in [0.5, 0.6) is 0 Å². The number of carbonyl (C=O) groups excluding carboxylic acids is 1. The molecule has 124 valence electrons. The van der Waals surface area contributed by atoms with Crippen LogP contribution in [0.4, 0.5) is 0 Å². The van der Waals surface area contributed by atoms with Crippen LogP contribution in [0.25, 0.3) is 0 Å². The zero-order valence-corrected chi connectivity index (χ0v) is 11.4. The van der Waals surface area contributed by atoms with Crippen molar-refractivity contribution in [3.05, 3.63) is 0 Å². The molecule has 0 spiro atoms. The van der Waals surface area contributed by atoms with E-state index in [1.54, 1.807) is 0 Å². The number of aliphatic hydroxyl groups is 5.